The summed E-state index contributed by atoms with van der Waals surface area (Å²) in [4.78, 5) is 29.7. The highest BCUT2D eigenvalue weighted by molar-refractivity contribution is 6.32. The predicted molar refractivity (Wildman–Crippen MR) is 108 cm³/mol. The molecular weight excluding hydrogens is 390 g/mol. The van der Waals surface area contributed by atoms with Gasteiger partial charge in [-0.15, -0.1) is 5.10 Å². The highest BCUT2D eigenvalue weighted by Crippen LogP contribution is 2.33. The van der Waals surface area contributed by atoms with Crippen molar-refractivity contribution in [2.45, 2.75) is 25.4 Å². The van der Waals surface area contributed by atoms with Crippen LogP contribution in [0.3, 0.4) is 0 Å². The lowest BCUT2D eigenvalue weighted by atomic mass is 10.1. The first-order chi connectivity index (χ1) is 14.1. The fourth-order valence-electron chi connectivity index (χ4n) is 4.06. The average molecular weight is 408 g/mol. The Morgan fingerprint density at radius 3 is 2.62 bits per heavy atom. The van der Waals surface area contributed by atoms with Gasteiger partial charge in [-0.25, -0.2) is 4.68 Å². The third-order valence-corrected chi connectivity index (χ3v) is 5.77. The van der Waals surface area contributed by atoms with Crippen LogP contribution in [0.4, 0.5) is 5.69 Å². The molecule has 1 unspecified atom stereocenters. The molecule has 0 N–H and O–H groups in total. The van der Waals surface area contributed by atoms with Crippen LogP contribution in [0.25, 0.3) is 5.69 Å². The van der Waals surface area contributed by atoms with Crippen molar-refractivity contribution in [2.24, 2.45) is 0 Å². The number of carbonyl (C=O) groups excluding carboxylic acids is 2. The molecule has 1 saturated heterocycles. The van der Waals surface area contributed by atoms with Gasteiger partial charge in [-0.05, 0) is 37.1 Å². The van der Waals surface area contributed by atoms with E-state index in [2.05, 4.69) is 10.3 Å². The van der Waals surface area contributed by atoms with E-state index in [0.717, 1.165) is 6.42 Å². The summed E-state index contributed by atoms with van der Waals surface area (Å²) < 4.78 is 1.60. The van der Waals surface area contributed by atoms with Crippen molar-refractivity contribution < 1.29 is 9.59 Å². The number of amides is 2. The topological polar surface area (TPSA) is 71.3 Å². The summed E-state index contributed by atoms with van der Waals surface area (Å²) in [6, 6.07) is 14.2. The molecule has 2 aliphatic rings. The Morgan fingerprint density at radius 2 is 1.79 bits per heavy atom. The fourth-order valence-corrected chi connectivity index (χ4v) is 4.28. The molecule has 1 fully saturated rings. The van der Waals surface area contributed by atoms with Crippen LogP contribution in [-0.2, 0) is 11.3 Å². The van der Waals surface area contributed by atoms with Crippen molar-refractivity contribution in [3.63, 3.8) is 0 Å². The summed E-state index contributed by atoms with van der Waals surface area (Å²) >= 11 is 6.25. The minimum absolute atomic E-state index is 0.0758. The Bertz CT molecular complexity index is 1110. The van der Waals surface area contributed by atoms with E-state index >= 15 is 0 Å². The first-order valence-electron chi connectivity index (χ1n) is 9.51. The molecule has 7 nitrogen and oxygen atoms in total. The number of rotatable bonds is 3. The molecule has 2 aromatic carbocycles. The summed E-state index contributed by atoms with van der Waals surface area (Å²) in [6.45, 7) is 0.845. The van der Waals surface area contributed by atoms with Crippen LogP contribution in [0.1, 0.15) is 28.9 Å². The van der Waals surface area contributed by atoms with Gasteiger partial charge in [-0.3, -0.25) is 9.59 Å². The average Bonchev–Trinajstić information content (AvgIpc) is 3.40. The Kier molecular flexibility index (Phi) is 4.32. The number of anilines is 1. The smallest absolute Gasteiger partial charge is 0.256 e. The lowest BCUT2D eigenvalue weighted by Crippen LogP contribution is -2.44. The minimum atomic E-state index is -0.423. The molecule has 146 valence electrons. The van der Waals surface area contributed by atoms with Gasteiger partial charge in [0.2, 0.25) is 5.91 Å². The summed E-state index contributed by atoms with van der Waals surface area (Å²) in [7, 11) is 0. The number of carbonyl (C=O) groups is 2. The van der Waals surface area contributed by atoms with Crippen LogP contribution in [0.2, 0.25) is 5.02 Å². The first-order valence-corrected chi connectivity index (χ1v) is 9.89. The monoisotopic (exact) mass is 407 g/mol. The van der Waals surface area contributed by atoms with Crippen molar-refractivity contribution >= 4 is 29.1 Å². The molecule has 0 spiro atoms. The molecule has 29 heavy (non-hydrogen) atoms. The predicted octanol–water partition coefficient (Wildman–Crippen LogP) is 3.07. The third kappa shape index (κ3) is 2.98. The summed E-state index contributed by atoms with van der Waals surface area (Å²) in [5.41, 5.74) is 2.49. The largest absolute Gasteiger partial charge is 0.327 e. The van der Waals surface area contributed by atoms with E-state index < -0.39 is 6.04 Å². The van der Waals surface area contributed by atoms with Crippen LogP contribution in [-0.4, -0.2) is 44.3 Å². The van der Waals surface area contributed by atoms with E-state index in [1.807, 2.05) is 36.4 Å². The van der Waals surface area contributed by atoms with E-state index in [0.29, 0.717) is 40.6 Å². The standard InChI is InChI=1S/C21H18ClN5O2/c22-16-7-2-4-9-18(16)27-13-14(23-24-27)12-26-17-8-3-1-6-15(17)20(28)25-11-5-10-19(25)21(26)29/h1-4,6-9,13,19H,5,10-12H2. The van der Waals surface area contributed by atoms with Gasteiger partial charge < -0.3 is 9.80 Å². The Balaban J connectivity index is 1.52. The number of halogens is 1. The fraction of sp³-hybridized carbons (Fsp3) is 0.238. The first kappa shape index (κ1) is 17.9. The SMILES string of the molecule is O=C1C2CCCN2C(=O)c2ccccc2N1Cc1cn(-c2ccccc2Cl)nn1. The van der Waals surface area contributed by atoms with Gasteiger partial charge in [-0.2, -0.15) is 0 Å². The van der Waals surface area contributed by atoms with Crippen LogP contribution >= 0.6 is 11.6 Å². The van der Waals surface area contributed by atoms with E-state index in [1.54, 1.807) is 32.8 Å². The molecule has 0 aliphatic carbocycles. The van der Waals surface area contributed by atoms with Crippen molar-refractivity contribution in [3.05, 3.63) is 71.0 Å². The number of fused-ring (bicyclic) bond motifs is 2. The number of hydrogen-bond donors (Lipinski definition) is 0. The van der Waals surface area contributed by atoms with E-state index in [9.17, 15) is 9.59 Å². The van der Waals surface area contributed by atoms with Crippen LogP contribution in [0.5, 0.6) is 0 Å². The normalized spacial score (nSPS) is 18.6. The van der Waals surface area contributed by atoms with Gasteiger partial charge in [0, 0.05) is 6.54 Å². The molecule has 1 atom stereocenters. The zero-order valence-electron chi connectivity index (χ0n) is 15.5. The molecule has 2 amide bonds. The molecule has 0 bridgehead atoms. The maximum absolute atomic E-state index is 13.3. The van der Waals surface area contributed by atoms with Crippen LogP contribution < -0.4 is 4.90 Å². The number of para-hydroxylation sites is 2. The molecule has 5 rings (SSSR count). The van der Waals surface area contributed by atoms with Crippen molar-refractivity contribution in [1.82, 2.24) is 19.9 Å². The highest BCUT2D eigenvalue weighted by atomic mass is 35.5. The Hall–Kier alpha value is -3.19. The van der Waals surface area contributed by atoms with Crippen LogP contribution in [0.15, 0.2) is 54.7 Å². The lowest BCUT2D eigenvalue weighted by molar-refractivity contribution is -0.122. The molecule has 0 saturated carbocycles. The van der Waals surface area contributed by atoms with E-state index in [1.165, 1.54) is 0 Å². The van der Waals surface area contributed by atoms with Gasteiger partial charge in [-0.1, -0.05) is 41.1 Å². The molecule has 3 aromatic rings. The Labute approximate surface area is 172 Å². The molecule has 0 radical (unpaired) electrons. The van der Waals surface area contributed by atoms with Crippen molar-refractivity contribution in [1.29, 1.82) is 0 Å². The van der Waals surface area contributed by atoms with Crippen molar-refractivity contribution in [2.75, 3.05) is 11.4 Å². The number of aromatic nitrogens is 3. The van der Waals surface area contributed by atoms with E-state index in [-0.39, 0.29) is 18.4 Å². The molecular formula is C21H18ClN5O2. The summed E-state index contributed by atoms with van der Waals surface area (Å²) in [5.74, 6) is -0.160. The van der Waals surface area contributed by atoms with E-state index in [4.69, 9.17) is 11.6 Å². The molecule has 3 heterocycles. The number of hydrogen-bond acceptors (Lipinski definition) is 4. The number of nitrogens with zero attached hydrogens (tertiary/aromatic N) is 5. The minimum Gasteiger partial charge on any atom is -0.327 e. The quantitative estimate of drug-likeness (QED) is 0.669. The molecule has 2 aliphatic heterocycles. The second-order valence-corrected chi connectivity index (χ2v) is 7.61. The molecule has 1 aromatic heterocycles. The van der Waals surface area contributed by atoms with Gasteiger partial charge >= 0.3 is 0 Å². The van der Waals surface area contributed by atoms with Gasteiger partial charge in [0.15, 0.2) is 0 Å². The highest BCUT2D eigenvalue weighted by Gasteiger charge is 2.42. The van der Waals surface area contributed by atoms with Gasteiger partial charge in [0.1, 0.15) is 11.7 Å². The van der Waals surface area contributed by atoms with Gasteiger partial charge in [0.05, 0.1) is 34.7 Å². The van der Waals surface area contributed by atoms with Gasteiger partial charge in [0.25, 0.3) is 5.91 Å². The third-order valence-electron chi connectivity index (χ3n) is 5.45. The number of benzene rings is 2. The van der Waals surface area contributed by atoms with Crippen LogP contribution in [0, 0.1) is 0 Å². The maximum Gasteiger partial charge on any atom is 0.256 e. The summed E-state index contributed by atoms with van der Waals surface area (Å²) in [5, 5.41) is 8.96. The lowest BCUT2D eigenvalue weighted by Gasteiger charge is -2.25. The second-order valence-electron chi connectivity index (χ2n) is 7.20. The Morgan fingerprint density at radius 1 is 1.03 bits per heavy atom. The zero-order valence-corrected chi connectivity index (χ0v) is 16.3. The second kappa shape index (κ2) is 7.00. The zero-order chi connectivity index (χ0) is 20.0. The van der Waals surface area contributed by atoms with Crippen molar-refractivity contribution in [3.8, 4) is 5.69 Å². The summed E-state index contributed by atoms with van der Waals surface area (Å²) in [6.07, 6.45) is 3.28. The molecule has 8 heteroatoms. The maximum atomic E-state index is 13.3.